The topological polar surface area (TPSA) is 64.7 Å². The number of nitrogens with two attached hydrogens (primary N) is 1. The van der Waals surface area contributed by atoms with Crippen LogP contribution < -0.4 is 5.73 Å². The van der Waals surface area contributed by atoms with E-state index in [0.717, 1.165) is 49.9 Å². The molecular weight excluding hydrogens is 482 g/mol. The smallest absolute Gasteiger partial charge is 0.157 e. The van der Waals surface area contributed by atoms with Gasteiger partial charge >= 0.3 is 0 Å². The van der Waals surface area contributed by atoms with Crippen molar-refractivity contribution in [1.29, 1.82) is 0 Å². The highest BCUT2D eigenvalue weighted by Gasteiger charge is 2.70. The Bertz CT molecular complexity index is 942. The molecule has 0 radical (unpaired) electrons. The van der Waals surface area contributed by atoms with Crippen LogP contribution in [0.15, 0.2) is 12.2 Å². The van der Waals surface area contributed by atoms with E-state index < -0.39 is 0 Å². The molecule has 6 rings (SSSR count). The van der Waals surface area contributed by atoms with Gasteiger partial charge in [-0.2, -0.15) is 0 Å². The van der Waals surface area contributed by atoms with Gasteiger partial charge in [0, 0.05) is 12.6 Å². The van der Waals surface area contributed by atoms with Crippen LogP contribution in [0.2, 0.25) is 0 Å². The molecule has 6 aliphatic rings. The minimum absolute atomic E-state index is 0.0216. The number of aliphatic hydroxyl groups excluding tert-OH is 1. The largest absolute Gasteiger partial charge is 0.392 e. The van der Waals surface area contributed by atoms with Crippen molar-refractivity contribution in [1.82, 2.24) is 0 Å². The van der Waals surface area contributed by atoms with Crippen LogP contribution in [0, 0.1) is 56.7 Å². The first-order chi connectivity index (χ1) is 18.4. The van der Waals surface area contributed by atoms with Gasteiger partial charge in [-0.15, -0.1) is 0 Å². The normalized spacial score (nSPS) is 52.7. The van der Waals surface area contributed by atoms with Gasteiger partial charge in [-0.05, 0) is 146 Å². The lowest BCUT2D eigenvalue weighted by Gasteiger charge is -2.73. The molecule has 5 aliphatic carbocycles. The number of aliphatic hydroxyl groups is 1. The molecule has 0 amide bonds. The summed E-state index contributed by atoms with van der Waals surface area (Å²) in [6.45, 7) is 19.3. The van der Waals surface area contributed by atoms with Crippen LogP contribution in [0.1, 0.15) is 118 Å². The first kappa shape index (κ1) is 28.7. The summed E-state index contributed by atoms with van der Waals surface area (Å²) in [4.78, 5) is 0. The highest BCUT2D eigenvalue weighted by molar-refractivity contribution is 5.22. The van der Waals surface area contributed by atoms with Crippen molar-refractivity contribution in [3.05, 3.63) is 12.2 Å². The summed E-state index contributed by atoms with van der Waals surface area (Å²) in [5.41, 5.74) is 9.34. The summed E-state index contributed by atoms with van der Waals surface area (Å²) in [6, 6.07) is 0.332. The standard InChI is InChI=1S/C35H59NO3/c1-23(21-37)24-12-17-35(22-39-29-9-7-8-20-38-29)19-18-33(5)25(30(24)35)10-11-27-32(4)15-14-28(36)31(2,3)26(32)13-16-34(27,33)6/h24-30,37H,1,7-22,36H2,2-6H3/t24-,25+,26-,27+,28?,29?,30+,32-,33+,34+,35+/m0/s1. The fraction of sp³-hybridized carbons (Fsp3) is 0.943. The van der Waals surface area contributed by atoms with Crippen LogP contribution >= 0.6 is 0 Å². The molecule has 0 aromatic rings. The third kappa shape index (κ3) is 4.04. The highest BCUT2D eigenvalue weighted by atomic mass is 16.7. The number of fused-ring (bicyclic) bond motifs is 7. The van der Waals surface area contributed by atoms with Gasteiger partial charge < -0.3 is 20.3 Å². The molecule has 1 heterocycles. The van der Waals surface area contributed by atoms with Crippen molar-refractivity contribution in [3.63, 3.8) is 0 Å². The quantitative estimate of drug-likeness (QED) is 0.354. The Labute approximate surface area is 239 Å². The van der Waals surface area contributed by atoms with Gasteiger partial charge in [-0.25, -0.2) is 0 Å². The first-order valence-electron chi connectivity index (χ1n) is 16.7. The molecule has 39 heavy (non-hydrogen) atoms. The number of hydrogen-bond acceptors (Lipinski definition) is 4. The fourth-order valence-electron chi connectivity index (χ4n) is 12.7. The zero-order chi connectivity index (χ0) is 27.8. The van der Waals surface area contributed by atoms with Crippen molar-refractivity contribution >= 4 is 0 Å². The van der Waals surface area contributed by atoms with E-state index in [0.29, 0.717) is 40.0 Å². The predicted molar refractivity (Wildman–Crippen MR) is 158 cm³/mol. The highest BCUT2D eigenvalue weighted by Crippen LogP contribution is 2.77. The van der Waals surface area contributed by atoms with Crippen molar-refractivity contribution in [2.24, 2.45) is 62.4 Å². The maximum atomic E-state index is 10.3. The van der Waals surface area contributed by atoms with Gasteiger partial charge in [-0.3, -0.25) is 0 Å². The average molecular weight is 542 g/mol. The monoisotopic (exact) mass is 541 g/mol. The minimum Gasteiger partial charge on any atom is -0.392 e. The van der Waals surface area contributed by atoms with Crippen molar-refractivity contribution in [2.45, 2.75) is 130 Å². The third-order valence-electron chi connectivity index (χ3n) is 15.1. The van der Waals surface area contributed by atoms with Gasteiger partial charge in [0.1, 0.15) is 0 Å². The van der Waals surface area contributed by atoms with E-state index in [-0.39, 0.29) is 23.7 Å². The van der Waals surface area contributed by atoms with Gasteiger partial charge in [0.05, 0.1) is 13.2 Å². The Balaban J connectivity index is 1.32. The van der Waals surface area contributed by atoms with Gasteiger partial charge in [0.25, 0.3) is 0 Å². The van der Waals surface area contributed by atoms with E-state index in [1.54, 1.807) is 0 Å². The SMILES string of the molecule is C=C(CO)[C@@H]1CC[C@]2(COC3CCCCO3)CC[C@]3(C)[C@H](CC[C@@H]4[C@@]5(C)CCC(N)C(C)(C)[C@@H]5CC[C@]43C)[C@@H]12. The zero-order valence-electron chi connectivity index (χ0n) is 25.9. The molecular formula is C35H59NO3. The summed E-state index contributed by atoms with van der Waals surface area (Å²) < 4.78 is 12.6. The molecule has 4 nitrogen and oxygen atoms in total. The van der Waals surface area contributed by atoms with Crippen molar-refractivity contribution < 1.29 is 14.6 Å². The maximum absolute atomic E-state index is 10.3. The molecule has 1 aliphatic heterocycles. The van der Waals surface area contributed by atoms with Crippen LogP contribution in [-0.4, -0.2) is 37.3 Å². The van der Waals surface area contributed by atoms with Gasteiger partial charge in [-0.1, -0.05) is 41.2 Å². The molecule has 0 bridgehead atoms. The Morgan fingerprint density at radius 1 is 0.872 bits per heavy atom. The lowest BCUT2D eigenvalue weighted by Crippen LogP contribution is -2.67. The summed E-state index contributed by atoms with van der Waals surface area (Å²) in [5, 5.41) is 10.3. The Hall–Kier alpha value is -0.420. The number of hydrogen-bond donors (Lipinski definition) is 2. The summed E-state index contributed by atoms with van der Waals surface area (Å²) in [5.74, 6) is 3.18. The Kier molecular flexibility index (Phi) is 7.22. The second-order valence-electron chi connectivity index (χ2n) is 16.6. The van der Waals surface area contributed by atoms with E-state index in [4.69, 9.17) is 15.2 Å². The van der Waals surface area contributed by atoms with E-state index in [1.807, 2.05) is 0 Å². The van der Waals surface area contributed by atoms with E-state index in [1.165, 1.54) is 64.2 Å². The van der Waals surface area contributed by atoms with Crippen molar-refractivity contribution in [3.8, 4) is 0 Å². The third-order valence-corrected chi connectivity index (χ3v) is 15.1. The van der Waals surface area contributed by atoms with Crippen LogP contribution in [0.3, 0.4) is 0 Å². The molecule has 0 aromatic carbocycles. The molecule has 0 spiro atoms. The molecule has 11 atom stereocenters. The molecule has 0 aromatic heterocycles. The number of ether oxygens (including phenoxy) is 2. The molecule has 1 saturated heterocycles. The van der Waals surface area contributed by atoms with Gasteiger partial charge in [0.15, 0.2) is 6.29 Å². The van der Waals surface area contributed by atoms with Gasteiger partial charge in [0.2, 0.25) is 0 Å². The maximum Gasteiger partial charge on any atom is 0.157 e. The van der Waals surface area contributed by atoms with Crippen LogP contribution in [0.4, 0.5) is 0 Å². The summed E-state index contributed by atoms with van der Waals surface area (Å²) in [7, 11) is 0. The second kappa shape index (κ2) is 9.81. The summed E-state index contributed by atoms with van der Waals surface area (Å²) >= 11 is 0. The Morgan fingerprint density at radius 3 is 2.38 bits per heavy atom. The molecule has 6 fully saturated rings. The van der Waals surface area contributed by atoms with E-state index >= 15 is 0 Å². The van der Waals surface area contributed by atoms with E-state index in [9.17, 15) is 5.11 Å². The summed E-state index contributed by atoms with van der Waals surface area (Å²) in [6.07, 6.45) is 16.2. The van der Waals surface area contributed by atoms with Crippen LogP contribution in [-0.2, 0) is 9.47 Å². The second-order valence-corrected chi connectivity index (χ2v) is 16.6. The molecule has 3 N–H and O–H groups in total. The lowest BCUT2D eigenvalue weighted by molar-refractivity contribution is -0.249. The first-order valence-corrected chi connectivity index (χ1v) is 16.7. The molecule has 5 saturated carbocycles. The van der Waals surface area contributed by atoms with Crippen molar-refractivity contribution in [2.75, 3.05) is 19.8 Å². The zero-order valence-corrected chi connectivity index (χ0v) is 25.9. The van der Waals surface area contributed by atoms with Crippen LogP contribution in [0.25, 0.3) is 0 Å². The Morgan fingerprint density at radius 2 is 1.67 bits per heavy atom. The molecule has 222 valence electrons. The lowest BCUT2D eigenvalue weighted by atomic mass is 9.32. The molecule has 2 unspecified atom stereocenters. The average Bonchev–Trinajstić information content (AvgIpc) is 3.30. The predicted octanol–water partition coefficient (Wildman–Crippen LogP) is 7.49. The number of rotatable bonds is 5. The molecule has 4 heteroatoms. The van der Waals surface area contributed by atoms with Crippen LogP contribution in [0.5, 0.6) is 0 Å². The minimum atomic E-state index is -0.0216. The fourth-order valence-corrected chi connectivity index (χ4v) is 12.7. The van der Waals surface area contributed by atoms with E-state index in [2.05, 4.69) is 41.2 Å².